The highest BCUT2D eigenvalue weighted by Crippen LogP contribution is 2.32. The summed E-state index contributed by atoms with van der Waals surface area (Å²) in [6.07, 6.45) is 1.46. The molecule has 0 amide bonds. The van der Waals surface area contributed by atoms with E-state index in [9.17, 15) is 0 Å². The lowest BCUT2D eigenvalue weighted by Gasteiger charge is -2.11. The molecule has 2 aromatic heterocycles. The van der Waals surface area contributed by atoms with Crippen molar-refractivity contribution in [1.82, 2.24) is 25.1 Å². The Labute approximate surface area is 103 Å². The second-order valence-corrected chi connectivity index (χ2v) is 4.89. The molecule has 0 aliphatic carbocycles. The number of rotatable bonds is 3. The summed E-state index contributed by atoms with van der Waals surface area (Å²) < 4.78 is 0. The number of nitrogen functional groups attached to an aromatic ring is 1. The van der Waals surface area contributed by atoms with Crippen LogP contribution in [0.1, 0.15) is 31.2 Å². The van der Waals surface area contributed by atoms with E-state index in [-0.39, 0.29) is 5.92 Å². The van der Waals surface area contributed by atoms with E-state index < -0.39 is 0 Å². The number of H-pyrrole nitrogens is 1. The van der Waals surface area contributed by atoms with E-state index in [1.165, 1.54) is 18.1 Å². The molecule has 0 aliphatic heterocycles. The molecule has 6 nitrogen and oxygen atoms in total. The Balaban J connectivity index is 2.35. The van der Waals surface area contributed by atoms with Gasteiger partial charge in [0.1, 0.15) is 23.0 Å². The first kappa shape index (κ1) is 11.8. The Morgan fingerprint density at radius 2 is 2.12 bits per heavy atom. The third-order valence-electron chi connectivity index (χ3n) is 2.22. The van der Waals surface area contributed by atoms with Crippen molar-refractivity contribution in [2.24, 2.45) is 0 Å². The molecule has 2 heterocycles. The lowest BCUT2D eigenvalue weighted by atomic mass is 10.1. The average Bonchev–Trinajstić information content (AvgIpc) is 2.63. The molecule has 7 heteroatoms. The van der Waals surface area contributed by atoms with Crippen LogP contribution in [0.4, 0.5) is 5.82 Å². The highest BCUT2D eigenvalue weighted by Gasteiger charge is 2.15. The predicted octanol–water partition coefficient (Wildman–Crippen LogP) is 1.76. The number of nitrogens with zero attached hydrogens (tertiary/aromatic N) is 4. The van der Waals surface area contributed by atoms with Crippen molar-refractivity contribution < 1.29 is 0 Å². The molecule has 0 atom stereocenters. The lowest BCUT2D eigenvalue weighted by Crippen LogP contribution is -2.03. The summed E-state index contributed by atoms with van der Waals surface area (Å²) in [7, 11) is 0. The van der Waals surface area contributed by atoms with Crippen molar-refractivity contribution in [3.63, 3.8) is 0 Å². The Morgan fingerprint density at radius 3 is 2.71 bits per heavy atom. The van der Waals surface area contributed by atoms with Gasteiger partial charge in [0.25, 0.3) is 0 Å². The molecule has 90 valence electrons. The Bertz CT molecular complexity index is 521. The maximum atomic E-state index is 5.87. The van der Waals surface area contributed by atoms with E-state index in [4.69, 9.17) is 5.73 Å². The van der Waals surface area contributed by atoms with Crippen LogP contribution < -0.4 is 5.73 Å². The molecule has 0 saturated heterocycles. The molecule has 0 bridgehead atoms. The first-order chi connectivity index (χ1) is 8.08. The van der Waals surface area contributed by atoms with Crippen LogP contribution >= 0.6 is 11.8 Å². The molecule has 17 heavy (non-hydrogen) atoms. The van der Waals surface area contributed by atoms with Crippen molar-refractivity contribution in [2.75, 3.05) is 5.73 Å². The van der Waals surface area contributed by atoms with Crippen molar-refractivity contribution in [1.29, 1.82) is 0 Å². The largest absolute Gasteiger partial charge is 0.383 e. The highest BCUT2D eigenvalue weighted by molar-refractivity contribution is 7.99. The summed E-state index contributed by atoms with van der Waals surface area (Å²) in [6.45, 7) is 5.97. The predicted molar refractivity (Wildman–Crippen MR) is 65.8 cm³/mol. The number of nitrogens with one attached hydrogen (secondary N) is 1. The second-order valence-electron chi connectivity index (χ2n) is 3.94. The van der Waals surface area contributed by atoms with E-state index in [1.807, 2.05) is 6.92 Å². The molecule has 0 spiro atoms. The molecule has 2 rings (SSSR count). The molecule has 3 N–H and O–H groups in total. The van der Waals surface area contributed by atoms with Crippen molar-refractivity contribution in [3.8, 4) is 0 Å². The minimum absolute atomic E-state index is 0.263. The van der Waals surface area contributed by atoms with Gasteiger partial charge in [0.05, 0.1) is 0 Å². The zero-order chi connectivity index (χ0) is 12.4. The SMILES string of the molecule is Cc1nc(Sc2ncnc(N)c2C(C)C)n[nH]1. The van der Waals surface area contributed by atoms with E-state index in [2.05, 4.69) is 39.0 Å². The standard InChI is InChI=1S/C10H14N6S/c1-5(2)7-8(11)12-4-13-9(7)17-10-14-6(3)15-16-10/h4-5H,1-3H3,(H2,11,12,13)(H,14,15,16). The molecule has 2 aromatic rings. The van der Waals surface area contributed by atoms with Crippen LogP contribution in [0.5, 0.6) is 0 Å². The fourth-order valence-electron chi connectivity index (χ4n) is 1.47. The van der Waals surface area contributed by atoms with E-state index in [0.29, 0.717) is 11.0 Å². The van der Waals surface area contributed by atoms with Crippen LogP contribution in [0, 0.1) is 6.92 Å². The Hall–Kier alpha value is -1.63. The van der Waals surface area contributed by atoms with Gasteiger partial charge in [-0.15, -0.1) is 5.10 Å². The zero-order valence-electron chi connectivity index (χ0n) is 9.93. The molecular weight excluding hydrogens is 236 g/mol. The van der Waals surface area contributed by atoms with Crippen LogP contribution in [0.2, 0.25) is 0 Å². The zero-order valence-corrected chi connectivity index (χ0v) is 10.7. The minimum Gasteiger partial charge on any atom is -0.383 e. The maximum absolute atomic E-state index is 5.87. The Kier molecular flexibility index (Phi) is 3.28. The average molecular weight is 250 g/mol. The molecule has 0 aromatic carbocycles. The van der Waals surface area contributed by atoms with Crippen LogP contribution in [-0.2, 0) is 0 Å². The topological polar surface area (TPSA) is 93.4 Å². The molecular formula is C10H14N6S. The monoisotopic (exact) mass is 250 g/mol. The van der Waals surface area contributed by atoms with Crippen LogP contribution in [0.25, 0.3) is 0 Å². The lowest BCUT2D eigenvalue weighted by molar-refractivity contribution is 0.806. The van der Waals surface area contributed by atoms with Crippen LogP contribution in [0.3, 0.4) is 0 Å². The molecule has 0 fully saturated rings. The van der Waals surface area contributed by atoms with Crippen LogP contribution in [-0.4, -0.2) is 25.1 Å². The molecule has 0 radical (unpaired) electrons. The van der Waals surface area contributed by atoms with Crippen molar-refractivity contribution >= 4 is 17.6 Å². The van der Waals surface area contributed by atoms with Crippen molar-refractivity contribution in [3.05, 3.63) is 17.7 Å². The van der Waals surface area contributed by atoms with Crippen molar-refractivity contribution in [2.45, 2.75) is 36.9 Å². The summed E-state index contributed by atoms with van der Waals surface area (Å²) in [5.74, 6) is 1.56. The number of aromatic amines is 1. The van der Waals surface area contributed by atoms with Gasteiger partial charge in [0.15, 0.2) is 0 Å². The number of hydrogen-bond donors (Lipinski definition) is 2. The van der Waals surface area contributed by atoms with E-state index in [0.717, 1.165) is 16.4 Å². The first-order valence-electron chi connectivity index (χ1n) is 5.25. The van der Waals surface area contributed by atoms with Gasteiger partial charge in [-0.1, -0.05) is 13.8 Å². The van der Waals surface area contributed by atoms with Gasteiger partial charge in [-0.05, 0) is 24.6 Å². The Morgan fingerprint density at radius 1 is 1.35 bits per heavy atom. The smallest absolute Gasteiger partial charge is 0.214 e. The first-order valence-corrected chi connectivity index (χ1v) is 6.06. The van der Waals surface area contributed by atoms with E-state index >= 15 is 0 Å². The molecule has 0 unspecified atom stereocenters. The summed E-state index contributed by atoms with van der Waals surface area (Å²) in [5, 5.41) is 8.32. The summed E-state index contributed by atoms with van der Waals surface area (Å²) in [6, 6.07) is 0. The van der Waals surface area contributed by atoms with Gasteiger partial charge >= 0.3 is 0 Å². The molecule has 0 saturated carbocycles. The van der Waals surface area contributed by atoms with Gasteiger partial charge < -0.3 is 5.73 Å². The summed E-state index contributed by atoms with van der Waals surface area (Å²) >= 11 is 1.39. The fraction of sp³-hybridized carbons (Fsp3) is 0.400. The maximum Gasteiger partial charge on any atom is 0.214 e. The summed E-state index contributed by atoms with van der Waals surface area (Å²) in [4.78, 5) is 12.5. The quantitative estimate of drug-likeness (QED) is 0.806. The number of nitrogens with two attached hydrogens (primary N) is 1. The normalized spacial score (nSPS) is 11.1. The number of aromatic nitrogens is 5. The van der Waals surface area contributed by atoms with Gasteiger partial charge in [-0.25, -0.2) is 15.0 Å². The van der Waals surface area contributed by atoms with Gasteiger partial charge in [-0.2, -0.15) is 0 Å². The summed E-state index contributed by atoms with van der Waals surface area (Å²) in [5.41, 5.74) is 6.81. The third-order valence-corrected chi connectivity index (χ3v) is 3.10. The number of hydrogen-bond acceptors (Lipinski definition) is 6. The molecule has 0 aliphatic rings. The number of aryl methyl sites for hydroxylation is 1. The third kappa shape index (κ3) is 2.55. The van der Waals surface area contributed by atoms with Gasteiger partial charge in [0.2, 0.25) is 5.16 Å². The fourth-order valence-corrected chi connectivity index (χ4v) is 2.47. The van der Waals surface area contributed by atoms with Gasteiger partial charge in [0, 0.05) is 5.56 Å². The van der Waals surface area contributed by atoms with E-state index in [1.54, 1.807) is 0 Å². The van der Waals surface area contributed by atoms with Crippen LogP contribution in [0.15, 0.2) is 16.5 Å². The number of anilines is 1. The minimum atomic E-state index is 0.263. The van der Waals surface area contributed by atoms with Gasteiger partial charge in [-0.3, -0.25) is 5.10 Å². The second kappa shape index (κ2) is 4.70. The highest BCUT2D eigenvalue weighted by atomic mass is 32.2.